The number of carbonyl (C=O) groups excluding carboxylic acids is 1. The van der Waals surface area contributed by atoms with Crippen LogP contribution in [-0.4, -0.2) is 25.5 Å². The molecule has 94 valence electrons. The van der Waals surface area contributed by atoms with E-state index in [1.54, 1.807) is 11.3 Å². The lowest BCUT2D eigenvalue weighted by atomic mass is 10.00. The number of rotatable bonds is 5. The molecule has 1 fully saturated rings. The minimum absolute atomic E-state index is 0.182. The Morgan fingerprint density at radius 3 is 3.24 bits per heavy atom. The summed E-state index contributed by atoms with van der Waals surface area (Å²) in [6.45, 7) is 3.00. The highest BCUT2D eigenvalue weighted by molar-refractivity contribution is 7.07. The first-order valence-electron chi connectivity index (χ1n) is 6.33. The molecule has 4 heteroatoms. The van der Waals surface area contributed by atoms with Crippen molar-refractivity contribution in [3.8, 4) is 0 Å². The molecule has 0 aromatic carbocycles. The second kappa shape index (κ2) is 6.77. The number of carbonyl (C=O) groups is 1. The van der Waals surface area contributed by atoms with Gasteiger partial charge < -0.3 is 10.6 Å². The van der Waals surface area contributed by atoms with Gasteiger partial charge in [0.25, 0.3) is 0 Å². The molecule has 1 atom stereocenters. The standard InChI is InChI=1S/C13H20N2OS/c16-13(4-3-11-5-7-17-10-11)15-9-12-2-1-6-14-8-12/h5,7,10,12,14H,1-4,6,8-9H2,(H,15,16)/t12-/m1/s1. The van der Waals surface area contributed by atoms with Gasteiger partial charge in [-0.25, -0.2) is 0 Å². The summed E-state index contributed by atoms with van der Waals surface area (Å²) in [5, 5.41) is 10.6. The Balaban J connectivity index is 1.60. The Labute approximate surface area is 107 Å². The van der Waals surface area contributed by atoms with E-state index in [1.807, 2.05) is 0 Å². The third-order valence-electron chi connectivity index (χ3n) is 3.21. The highest BCUT2D eigenvalue weighted by Gasteiger charge is 2.13. The van der Waals surface area contributed by atoms with Crippen LogP contribution in [0.1, 0.15) is 24.8 Å². The van der Waals surface area contributed by atoms with Gasteiger partial charge in [0.2, 0.25) is 5.91 Å². The minimum atomic E-state index is 0.182. The van der Waals surface area contributed by atoms with Crippen LogP contribution in [0.15, 0.2) is 16.8 Å². The van der Waals surface area contributed by atoms with Gasteiger partial charge in [-0.1, -0.05) is 0 Å². The van der Waals surface area contributed by atoms with Gasteiger partial charge in [0.1, 0.15) is 0 Å². The summed E-state index contributed by atoms with van der Waals surface area (Å²) in [4.78, 5) is 11.7. The maximum Gasteiger partial charge on any atom is 0.220 e. The predicted molar refractivity (Wildman–Crippen MR) is 71.2 cm³/mol. The molecule has 2 heterocycles. The Morgan fingerprint density at radius 2 is 2.53 bits per heavy atom. The van der Waals surface area contributed by atoms with Crippen LogP contribution >= 0.6 is 11.3 Å². The Hall–Kier alpha value is -0.870. The van der Waals surface area contributed by atoms with Crippen LogP contribution < -0.4 is 10.6 Å². The molecular weight excluding hydrogens is 232 g/mol. The fourth-order valence-electron chi connectivity index (χ4n) is 2.14. The Bertz CT molecular complexity index is 331. The molecule has 3 nitrogen and oxygen atoms in total. The van der Waals surface area contributed by atoms with Crippen molar-refractivity contribution in [3.63, 3.8) is 0 Å². The maximum atomic E-state index is 11.7. The van der Waals surface area contributed by atoms with E-state index in [0.717, 1.165) is 26.1 Å². The highest BCUT2D eigenvalue weighted by atomic mass is 32.1. The van der Waals surface area contributed by atoms with E-state index in [9.17, 15) is 4.79 Å². The summed E-state index contributed by atoms with van der Waals surface area (Å²) >= 11 is 1.69. The van der Waals surface area contributed by atoms with Crippen molar-refractivity contribution in [2.45, 2.75) is 25.7 Å². The Kier molecular flexibility index (Phi) is 5.01. The molecule has 0 spiro atoms. The third kappa shape index (κ3) is 4.48. The van der Waals surface area contributed by atoms with E-state index >= 15 is 0 Å². The zero-order valence-corrected chi connectivity index (χ0v) is 10.9. The average molecular weight is 252 g/mol. The van der Waals surface area contributed by atoms with Gasteiger partial charge in [-0.05, 0) is 60.7 Å². The van der Waals surface area contributed by atoms with Gasteiger partial charge in [0, 0.05) is 13.0 Å². The van der Waals surface area contributed by atoms with Gasteiger partial charge in [-0.15, -0.1) is 0 Å². The van der Waals surface area contributed by atoms with Crippen LogP contribution in [0.4, 0.5) is 0 Å². The normalized spacial score (nSPS) is 20.1. The van der Waals surface area contributed by atoms with Crippen molar-refractivity contribution in [2.24, 2.45) is 5.92 Å². The number of amides is 1. The molecule has 1 amide bonds. The molecular formula is C13H20N2OS. The van der Waals surface area contributed by atoms with Gasteiger partial charge in [-0.3, -0.25) is 4.79 Å². The molecule has 1 aromatic heterocycles. The van der Waals surface area contributed by atoms with Crippen LogP contribution in [0, 0.1) is 5.92 Å². The average Bonchev–Trinajstić information content (AvgIpc) is 2.88. The first-order chi connectivity index (χ1) is 8.34. The number of hydrogen-bond acceptors (Lipinski definition) is 3. The van der Waals surface area contributed by atoms with Gasteiger partial charge in [-0.2, -0.15) is 11.3 Å². The maximum absolute atomic E-state index is 11.7. The minimum Gasteiger partial charge on any atom is -0.356 e. The molecule has 0 unspecified atom stereocenters. The summed E-state index contributed by atoms with van der Waals surface area (Å²) in [5.41, 5.74) is 1.27. The van der Waals surface area contributed by atoms with Crippen LogP contribution in [0.5, 0.6) is 0 Å². The number of piperidine rings is 1. The van der Waals surface area contributed by atoms with Crippen molar-refractivity contribution in [1.82, 2.24) is 10.6 Å². The van der Waals surface area contributed by atoms with E-state index < -0.39 is 0 Å². The topological polar surface area (TPSA) is 41.1 Å². The van der Waals surface area contributed by atoms with Crippen LogP contribution in [0.3, 0.4) is 0 Å². The van der Waals surface area contributed by atoms with Crippen LogP contribution in [0.2, 0.25) is 0 Å². The van der Waals surface area contributed by atoms with E-state index in [2.05, 4.69) is 27.5 Å². The monoisotopic (exact) mass is 252 g/mol. The molecule has 0 saturated carbocycles. The number of nitrogens with one attached hydrogen (secondary N) is 2. The van der Waals surface area contributed by atoms with E-state index in [4.69, 9.17) is 0 Å². The van der Waals surface area contributed by atoms with Crippen molar-refractivity contribution in [1.29, 1.82) is 0 Å². The van der Waals surface area contributed by atoms with E-state index in [1.165, 1.54) is 18.4 Å². The van der Waals surface area contributed by atoms with Gasteiger partial charge >= 0.3 is 0 Å². The summed E-state index contributed by atoms with van der Waals surface area (Å²) in [6.07, 6.45) is 3.93. The first kappa shape index (κ1) is 12.6. The second-order valence-electron chi connectivity index (χ2n) is 4.65. The fourth-order valence-corrected chi connectivity index (χ4v) is 2.84. The molecule has 2 rings (SSSR count). The van der Waals surface area contributed by atoms with Gasteiger partial charge in [0.15, 0.2) is 0 Å². The summed E-state index contributed by atoms with van der Waals surface area (Å²) in [6, 6.07) is 2.09. The zero-order chi connectivity index (χ0) is 11.9. The number of thiophene rings is 1. The lowest BCUT2D eigenvalue weighted by Crippen LogP contribution is -2.38. The lowest BCUT2D eigenvalue weighted by Gasteiger charge is -2.22. The molecule has 0 aliphatic carbocycles. The lowest BCUT2D eigenvalue weighted by molar-refractivity contribution is -0.121. The molecule has 1 saturated heterocycles. The number of hydrogen-bond donors (Lipinski definition) is 2. The molecule has 1 aliphatic heterocycles. The van der Waals surface area contributed by atoms with Crippen LogP contribution in [0.25, 0.3) is 0 Å². The zero-order valence-electron chi connectivity index (χ0n) is 10.1. The molecule has 0 radical (unpaired) electrons. The van der Waals surface area contributed by atoms with E-state index in [-0.39, 0.29) is 5.91 Å². The van der Waals surface area contributed by atoms with Crippen molar-refractivity contribution in [3.05, 3.63) is 22.4 Å². The number of aryl methyl sites for hydroxylation is 1. The fraction of sp³-hybridized carbons (Fsp3) is 0.615. The summed E-state index contributed by atoms with van der Waals surface area (Å²) in [7, 11) is 0. The SMILES string of the molecule is O=C(CCc1ccsc1)NC[C@@H]1CCCNC1. The highest BCUT2D eigenvalue weighted by Crippen LogP contribution is 2.10. The van der Waals surface area contributed by atoms with Crippen LogP contribution in [-0.2, 0) is 11.2 Å². The quantitative estimate of drug-likeness (QED) is 0.839. The molecule has 1 aliphatic rings. The van der Waals surface area contributed by atoms with Crippen molar-refractivity contribution < 1.29 is 4.79 Å². The summed E-state index contributed by atoms with van der Waals surface area (Å²) in [5.74, 6) is 0.802. The third-order valence-corrected chi connectivity index (χ3v) is 3.94. The van der Waals surface area contributed by atoms with Crippen molar-refractivity contribution >= 4 is 17.2 Å². The first-order valence-corrected chi connectivity index (χ1v) is 7.27. The summed E-state index contributed by atoms with van der Waals surface area (Å²) < 4.78 is 0. The molecule has 0 bridgehead atoms. The smallest absolute Gasteiger partial charge is 0.220 e. The molecule has 1 aromatic rings. The predicted octanol–water partition coefficient (Wildman–Crippen LogP) is 1.80. The molecule has 17 heavy (non-hydrogen) atoms. The molecule has 2 N–H and O–H groups in total. The van der Waals surface area contributed by atoms with Gasteiger partial charge in [0.05, 0.1) is 0 Å². The van der Waals surface area contributed by atoms with E-state index in [0.29, 0.717) is 12.3 Å². The largest absolute Gasteiger partial charge is 0.356 e. The second-order valence-corrected chi connectivity index (χ2v) is 5.43. The van der Waals surface area contributed by atoms with Crippen molar-refractivity contribution in [2.75, 3.05) is 19.6 Å². The Morgan fingerprint density at radius 1 is 1.59 bits per heavy atom.